The van der Waals surface area contributed by atoms with Crippen molar-refractivity contribution in [1.29, 1.82) is 5.26 Å². The van der Waals surface area contributed by atoms with E-state index in [0.29, 0.717) is 43.0 Å². The molecule has 9 heteroatoms. The summed E-state index contributed by atoms with van der Waals surface area (Å²) in [6, 6.07) is 12.0. The Morgan fingerprint density at radius 1 is 1.18 bits per heavy atom. The van der Waals surface area contributed by atoms with Gasteiger partial charge in [-0.1, -0.05) is 0 Å². The minimum absolute atomic E-state index is 0.0290. The van der Waals surface area contributed by atoms with Crippen molar-refractivity contribution in [2.45, 2.75) is 25.9 Å². The second-order valence-electron chi connectivity index (χ2n) is 7.67. The van der Waals surface area contributed by atoms with Crippen LogP contribution in [0, 0.1) is 29.9 Å². The van der Waals surface area contributed by atoms with Crippen LogP contribution in [-0.4, -0.2) is 35.1 Å². The van der Waals surface area contributed by atoms with Gasteiger partial charge >= 0.3 is 0 Å². The van der Waals surface area contributed by atoms with Crippen LogP contribution in [0.3, 0.4) is 0 Å². The van der Waals surface area contributed by atoms with Gasteiger partial charge in [-0.15, -0.1) is 0 Å². The second-order valence-corrected chi connectivity index (χ2v) is 7.67. The van der Waals surface area contributed by atoms with Crippen LogP contribution in [0.15, 0.2) is 48.7 Å². The zero-order valence-corrected chi connectivity index (χ0v) is 17.9. The second kappa shape index (κ2) is 9.61. The van der Waals surface area contributed by atoms with E-state index in [0.717, 1.165) is 11.8 Å². The van der Waals surface area contributed by atoms with Crippen LogP contribution in [0.4, 0.5) is 20.2 Å². The standard InChI is InChI=1S/C24H21F2N5O2/c1-15-28-9-6-20(29-15)24(32)30-21-12-16(14-27)2-4-22(21)31-10-7-18(8-11-31)33-23-5-3-17(25)13-19(23)26/h2-6,9,12-13,18H,7-8,10-11H2,1H3,(H,30,32). The predicted molar refractivity (Wildman–Crippen MR) is 118 cm³/mol. The number of carbonyl (C=O) groups is 1. The van der Waals surface area contributed by atoms with Gasteiger partial charge in [-0.05, 0) is 43.3 Å². The molecule has 0 atom stereocenters. The molecule has 0 aliphatic carbocycles. The van der Waals surface area contributed by atoms with Crippen molar-refractivity contribution in [2.24, 2.45) is 0 Å². The van der Waals surface area contributed by atoms with Crippen LogP contribution in [0.1, 0.15) is 34.7 Å². The number of nitrogens with one attached hydrogen (secondary N) is 1. The molecule has 2 aromatic carbocycles. The third-order valence-corrected chi connectivity index (χ3v) is 5.35. The maximum Gasteiger partial charge on any atom is 0.274 e. The number of hydrogen-bond donors (Lipinski definition) is 1. The van der Waals surface area contributed by atoms with Crippen LogP contribution in [0.25, 0.3) is 0 Å². The lowest BCUT2D eigenvalue weighted by atomic mass is 10.1. The van der Waals surface area contributed by atoms with Gasteiger partial charge in [-0.3, -0.25) is 4.79 Å². The molecule has 0 radical (unpaired) electrons. The van der Waals surface area contributed by atoms with E-state index in [1.54, 1.807) is 25.1 Å². The predicted octanol–water partition coefficient (Wildman–Crippen LogP) is 4.24. The number of nitriles is 1. The zero-order chi connectivity index (χ0) is 23.4. The van der Waals surface area contributed by atoms with Gasteiger partial charge in [0.2, 0.25) is 0 Å². The molecule has 1 saturated heterocycles. The first-order chi connectivity index (χ1) is 15.9. The number of amides is 1. The zero-order valence-electron chi connectivity index (χ0n) is 17.9. The molecule has 4 rings (SSSR count). The van der Waals surface area contributed by atoms with E-state index in [-0.39, 0.29) is 17.5 Å². The molecule has 3 aromatic rings. The number of nitrogens with zero attached hydrogens (tertiary/aromatic N) is 4. The normalized spacial score (nSPS) is 13.9. The Bertz CT molecular complexity index is 1220. The van der Waals surface area contributed by atoms with Crippen LogP contribution >= 0.6 is 0 Å². The van der Waals surface area contributed by atoms with Crippen LogP contribution < -0.4 is 15.0 Å². The molecule has 0 unspecified atom stereocenters. The SMILES string of the molecule is Cc1nccc(C(=O)Nc2cc(C#N)ccc2N2CCC(Oc3ccc(F)cc3F)CC2)n1. The third kappa shape index (κ3) is 5.23. The number of ether oxygens (including phenoxy) is 1. The number of hydrogen-bond acceptors (Lipinski definition) is 6. The molecular formula is C24H21F2N5O2. The van der Waals surface area contributed by atoms with Gasteiger partial charge in [0.05, 0.1) is 23.0 Å². The molecule has 1 aliphatic heterocycles. The molecule has 0 bridgehead atoms. The molecule has 0 spiro atoms. The summed E-state index contributed by atoms with van der Waals surface area (Å²) >= 11 is 0. The number of carbonyl (C=O) groups excluding carboxylic acids is 1. The average molecular weight is 449 g/mol. The Kier molecular flexibility index (Phi) is 6.45. The first kappa shape index (κ1) is 22.1. The maximum atomic E-state index is 13.9. The van der Waals surface area contributed by atoms with Gasteiger partial charge in [-0.25, -0.2) is 18.7 Å². The van der Waals surface area contributed by atoms with Crippen molar-refractivity contribution in [3.05, 3.63) is 77.4 Å². The van der Waals surface area contributed by atoms with Crippen LogP contribution in [0.5, 0.6) is 5.75 Å². The number of anilines is 2. The smallest absolute Gasteiger partial charge is 0.274 e. The molecule has 7 nitrogen and oxygen atoms in total. The minimum Gasteiger partial charge on any atom is -0.487 e. The van der Waals surface area contributed by atoms with E-state index >= 15 is 0 Å². The van der Waals surface area contributed by atoms with E-state index in [9.17, 15) is 18.8 Å². The summed E-state index contributed by atoms with van der Waals surface area (Å²) in [6.45, 7) is 2.88. The fourth-order valence-corrected chi connectivity index (χ4v) is 3.72. The summed E-state index contributed by atoms with van der Waals surface area (Å²) in [7, 11) is 0. The number of halogens is 2. The van der Waals surface area contributed by atoms with Crippen molar-refractivity contribution in [3.63, 3.8) is 0 Å². The largest absolute Gasteiger partial charge is 0.487 e. The quantitative estimate of drug-likeness (QED) is 0.627. The minimum atomic E-state index is -0.727. The first-order valence-corrected chi connectivity index (χ1v) is 10.4. The monoisotopic (exact) mass is 449 g/mol. The summed E-state index contributed by atoms with van der Waals surface area (Å²) in [5, 5.41) is 12.1. The molecular weight excluding hydrogens is 428 g/mol. The Hall–Kier alpha value is -4.06. The Balaban J connectivity index is 1.48. The summed E-state index contributed by atoms with van der Waals surface area (Å²) in [6.07, 6.45) is 2.50. The lowest BCUT2D eigenvalue weighted by Crippen LogP contribution is -2.38. The third-order valence-electron chi connectivity index (χ3n) is 5.35. The number of aryl methyl sites for hydroxylation is 1. The van der Waals surface area contributed by atoms with E-state index in [2.05, 4.69) is 26.3 Å². The van der Waals surface area contributed by atoms with Crippen molar-refractivity contribution in [1.82, 2.24) is 9.97 Å². The molecule has 168 valence electrons. The average Bonchev–Trinajstić information content (AvgIpc) is 2.81. The lowest BCUT2D eigenvalue weighted by molar-refractivity contribution is 0.102. The fraction of sp³-hybridized carbons (Fsp3) is 0.250. The summed E-state index contributed by atoms with van der Waals surface area (Å²) in [5.41, 5.74) is 1.90. The van der Waals surface area contributed by atoms with E-state index < -0.39 is 17.5 Å². The van der Waals surface area contributed by atoms with E-state index in [1.165, 1.54) is 24.4 Å². The summed E-state index contributed by atoms with van der Waals surface area (Å²) in [5.74, 6) is -1.27. The topological polar surface area (TPSA) is 91.1 Å². The van der Waals surface area contributed by atoms with Crippen molar-refractivity contribution < 1.29 is 18.3 Å². The highest BCUT2D eigenvalue weighted by Crippen LogP contribution is 2.31. The number of aromatic nitrogens is 2. The maximum absolute atomic E-state index is 13.9. The molecule has 2 heterocycles. The molecule has 33 heavy (non-hydrogen) atoms. The fourth-order valence-electron chi connectivity index (χ4n) is 3.72. The highest BCUT2D eigenvalue weighted by atomic mass is 19.1. The van der Waals surface area contributed by atoms with Crippen molar-refractivity contribution in [2.75, 3.05) is 23.3 Å². The number of benzene rings is 2. The van der Waals surface area contributed by atoms with Crippen molar-refractivity contribution in [3.8, 4) is 11.8 Å². The highest BCUT2D eigenvalue weighted by molar-refractivity contribution is 6.04. The number of rotatable bonds is 5. The highest BCUT2D eigenvalue weighted by Gasteiger charge is 2.24. The molecule has 1 amide bonds. The molecule has 1 N–H and O–H groups in total. The van der Waals surface area contributed by atoms with Gasteiger partial charge in [0.1, 0.15) is 23.4 Å². The van der Waals surface area contributed by atoms with Gasteiger partial charge < -0.3 is 15.0 Å². The molecule has 1 fully saturated rings. The Morgan fingerprint density at radius 3 is 2.67 bits per heavy atom. The summed E-state index contributed by atoms with van der Waals surface area (Å²) < 4.78 is 32.8. The van der Waals surface area contributed by atoms with Crippen LogP contribution in [-0.2, 0) is 0 Å². The van der Waals surface area contributed by atoms with Gasteiger partial charge in [0.25, 0.3) is 5.91 Å². The lowest BCUT2D eigenvalue weighted by Gasteiger charge is -2.34. The Labute approximate surface area is 189 Å². The van der Waals surface area contributed by atoms with Gasteiger partial charge in [0, 0.05) is 38.2 Å². The summed E-state index contributed by atoms with van der Waals surface area (Å²) in [4.78, 5) is 22.9. The molecule has 0 saturated carbocycles. The van der Waals surface area contributed by atoms with E-state index in [1.807, 2.05) is 0 Å². The first-order valence-electron chi connectivity index (χ1n) is 10.4. The van der Waals surface area contributed by atoms with Gasteiger partial charge in [0.15, 0.2) is 11.6 Å². The van der Waals surface area contributed by atoms with E-state index in [4.69, 9.17) is 4.74 Å². The van der Waals surface area contributed by atoms with Crippen molar-refractivity contribution >= 4 is 17.3 Å². The number of piperidine rings is 1. The molecule has 1 aliphatic rings. The Morgan fingerprint density at radius 2 is 1.97 bits per heavy atom. The van der Waals surface area contributed by atoms with Crippen LogP contribution in [0.2, 0.25) is 0 Å². The van der Waals surface area contributed by atoms with Gasteiger partial charge in [-0.2, -0.15) is 5.26 Å². The molecule has 1 aromatic heterocycles.